The van der Waals surface area contributed by atoms with Gasteiger partial charge >= 0.3 is 5.97 Å². The minimum absolute atomic E-state index is 0.0655. The molecule has 0 aromatic heterocycles. The van der Waals surface area contributed by atoms with E-state index in [0.717, 1.165) is 31.6 Å². The third kappa shape index (κ3) is 5.57. The summed E-state index contributed by atoms with van der Waals surface area (Å²) < 4.78 is 0. The Morgan fingerprint density at radius 3 is 1.84 bits per heavy atom. The first-order valence-corrected chi connectivity index (χ1v) is 14.8. The molecule has 3 saturated carbocycles. The molecule has 3 rings (SSSR count). The van der Waals surface area contributed by atoms with Gasteiger partial charge < -0.3 is 5.11 Å². The highest BCUT2D eigenvalue weighted by Gasteiger charge is 2.59. The van der Waals surface area contributed by atoms with Crippen LogP contribution >= 0.6 is 0 Å². The van der Waals surface area contributed by atoms with E-state index in [0.29, 0.717) is 5.41 Å². The molecule has 2 nitrogen and oxygen atoms in total. The molecule has 2 heteroatoms. The Morgan fingerprint density at radius 2 is 1.25 bits per heavy atom. The van der Waals surface area contributed by atoms with Crippen LogP contribution in [0.15, 0.2) is 0 Å². The normalized spacial score (nSPS) is 31.4. The van der Waals surface area contributed by atoms with Gasteiger partial charge in [-0.05, 0) is 81.0 Å². The molecule has 186 valence electrons. The second kappa shape index (κ2) is 12.3. The van der Waals surface area contributed by atoms with E-state index in [4.69, 9.17) is 0 Å². The molecule has 0 heterocycles. The van der Waals surface area contributed by atoms with Crippen molar-refractivity contribution < 1.29 is 9.90 Å². The summed E-state index contributed by atoms with van der Waals surface area (Å²) in [6.45, 7) is 4.60. The summed E-state index contributed by atoms with van der Waals surface area (Å²) in [4.78, 5) is 12.9. The molecule has 0 atom stereocenters. The number of aliphatic carboxylic acids is 1. The van der Waals surface area contributed by atoms with Crippen LogP contribution in [-0.4, -0.2) is 11.1 Å². The number of rotatable bonds is 12. The number of hydrogen-bond acceptors (Lipinski definition) is 1. The van der Waals surface area contributed by atoms with Crippen LogP contribution in [0.3, 0.4) is 0 Å². The first-order chi connectivity index (χ1) is 15.5. The maximum Gasteiger partial charge on any atom is 0.310 e. The van der Waals surface area contributed by atoms with Gasteiger partial charge in [0.15, 0.2) is 0 Å². The number of hydrogen-bond donors (Lipinski definition) is 1. The van der Waals surface area contributed by atoms with E-state index < -0.39 is 11.4 Å². The highest BCUT2D eigenvalue weighted by atomic mass is 16.4. The van der Waals surface area contributed by atoms with Gasteiger partial charge in [0.25, 0.3) is 0 Å². The molecule has 0 saturated heterocycles. The molecule has 0 bridgehead atoms. The molecule has 32 heavy (non-hydrogen) atoms. The fourth-order valence-corrected chi connectivity index (χ4v) is 8.52. The number of carboxylic acid groups (broad SMARTS) is 1. The zero-order valence-electron chi connectivity index (χ0n) is 21.7. The van der Waals surface area contributed by atoms with Crippen LogP contribution in [0, 0.1) is 22.2 Å². The van der Waals surface area contributed by atoms with Crippen molar-refractivity contribution in [3.63, 3.8) is 0 Å². The zero-order valence-corrected chi connectivity index (χ0v) is 21.7. The van der Waals surface area contributed by atoms with Gasteiger partial charge in [-0.1, -0.05) is 97.3 Å². The third-order valence-electron chi connectivity index (χ3n) is 10.6. The van der Waals surface area contributed by atoms with Crippen molar-refractivity contribution in [1.82, 2.24) is 0 Å². The molecule has 0 amide bonds. The fraction of sp³-hybridized carbons (Fsp3) is 0.967. The lowest BCUT2D eigenvalue weighted by atomic mass is 9.46. The summed E-state index contributed by atoms with van der Waals surface area (Å²) >= 11 is 0. The van der Waals surface area contributed by atoms with E-state index in [1.807, 2.05) is 0 Å². The molecule has 0 radical (unpaired) electrons. The Kier molecular flexibility index (Phi) is 9.99. The van der Waals surface area contributed by atoms with E-state index in [1.54, 1.807) is 0 Å². The molecule has 1 N–H and O–H groups in total. The van der Waals surface area contributed by atoms with Gasteiger partial charge in [0.05, 0.1) is 5.41 Å². The Hall–Kier alpha value is -0.530. The van der Waals surface area contributed by atoms with Gasteiger partial charge in [0.1, 0.15) is 0 Å². The summed E-state index contributed by atoms with van der Waals surface area (Å²) in [5, 5.41) is 10.6. The van der Waals surface area contributed by atoms with Crippen LogP contribution < -0.4 is 0 Å². The predicted molar refractivity (Wildman–Crippen MR) is 136 cm³/mol. The average Bonchev–Trinajstić information content (AvgIpc) is 2.84. The van der Waals surface area contributed by atoms with Crippen LogP contribution in [0.25, 0.3) is 0 Å². The molecule has 3 fully saturated rings. The van der Waals surface area contributed by atoms with E-state index in [1.165, 1.54) is 122 Å². The van der Waals surface area contributed by atoms with Crippen LogP contribution in [0.2, 0.25) is 0 Å². The molecule has 0 aromatic carbocycles. The second-order valence-electron chi connectivity index (χ2n) is 12.2. The molecule has 3 aliphatic carbocycles. The van der Waals surface area contributed by atoms with E-state index in [-0.39, 0.29) is 5.41 Å². The van der Waals surface area contributed by atoms with Crippen molar-refractivity contribution >= 4 is 5.97 Å². The largest absolute Gasteiger partial charge is 0.481 e. The monoisotopic (exact) mass is 446 g/mol. The summed E-state index contributed by atoms with van der Waals surface area (Å²) in [5.41, 5.74) is 0.159. The molecular weight excluding hydrogens is 392 g/mol. The maximum absolute atomic E-state index is 12.9. The van der Waals surface area contributed by atoms with Crippen molar-refractivity contribution in [3.8, 4) is 0 Å². The summed E-state index contributed by atoms with van der Waals surface area (Å²) in [5.74, 6) is 0.473. The maximum atomic E-state index is 12.9. The van der Waals surface area contributed by atoms with E-state index in [9.17, 15) is 9.90 Å². The van der Waals surface area contributed by atoms with Crippen LogP contribution in [0.4, 0.5) is 0 Å². The van der Waals surface area contributed by atoms with Crippen molar-refractivity contribution in [2.45, 2.75) is 162 Å². The first kappa shape index (κ1) is 26.1. The van der Waals surface area contributed by atoms with Crippen molar-refractivity contribution in [2.24, 2.45) is 22.2 Å². The smallest absolute Gasteiger partial charge is 0.310 e. The Balaban J connectivity index is 1.82. The average molecular weight is 447 g/mol. The lowest BCUT2D eigenvalue weighted by Crippen LogP contribution is -2.53. The van der Waals surface area contributed by atoms with Crippen molar-refractivity contribution in [2.75, 3.05) is 0 Å². The standard InChI is InChI=1S/C30H54O2/c1-3-5-7-13-18-28(26-16-10-8-11-17-26)22-24-29(25-23-28,19-12-6-4-2)30(27(31)32)20-14-9-15-21-30/h26H,3-25H2,1-2H3,(H,31,32). The highest BCUT2D eigenvalue weighted by Crippen LogP contribution is 2.64. The Labute approximate surface area is 199 Å². The quantitative estimate of drug-likeness (QED) is 0.303. The summed E-state index contributed by atoms with van der Waals surface area (Å²) in [7, 11) is 0. The van der Waals surface area contributed by atoms with Crippen molar-refractivity contribution in [3.05, 3.63) is 0 Å². The van der Waals surface area contributed by atoms with Gasteiger partial charge in [0.2, 0.25) is 0 Å². The van der Waals surface area contributed by atoms with Crippen molar-refractivity contribution in [1.29, 1.82) is 0 Å². The Bertz CT molecular complexity index is 545. The lowest BCUT2D eigenvalue weighted by molar-refractivity contribution is -0.171. The summed E-state index contributed by atoms with van der Waals surface area (Å²) in [6, 6.07) is 0. The molecule has 0 aliphatic heterocycles. The van der Waals surface area contributed by atoms with E-state index >= 15 is 0 Å². The van der Waals surface area contributed by atoms with Gasteiger partial charge in [-0.15, -0.1) is 0 Å². The molecule has 0 aromatic rings. The van der Waals surface area contributed by atoms with E-state index in [2.05, 4.69) is 13.8 Å². The fourth-order valence-electron chi connectivity index (χ4n) is 8.52. The molecule has 0 spiro atoms. The first-order valence-electron chi connectivity index (χ1n) is 14.8. The number of carboxylic acids is 1. The topological polar surface area (TPSA) is 37.3 Å². The predicted octanol–water partition coefficient (Wildman–Crippen LogP) is 9.70. The van der Waals surface area contributed by atoms with Gasteiger partial charge in [-0.3, -0.25) is 4.79 Å². The zero-order chi connectivity index (χ0) is 22.9. The summed E-state index contributed by atoms with van der Waals surface area (Å²) in [6.07, 6.45) is 29.5. The van der Waals surface area contributed by atoms with Crippen LogP contribution in [0.5, 0.6) is 0 Å². The molecular formula is C30H54O2. The van der Waals surface area contributed by atoms with Gasteiger partial charge in [-0.25, -0.2) is 0 Å². The van der Waals surface area contributed by atoms with Gasteiger partial charge in [-0.2, -0.15) is 0 Å². The highest BCUT2D eigenvalue weighted by molar-refractivity contribution is 5.76. The number of carbonyl (C=O) groups is 1. The minimum atomic E-state index is -0.443. The third-order valence-corrected chi connectivity index (χ3v) is 10.6. The number of unbranched alkanes of at least 4 members (excludes halogenated alkanes) is 5. The molecule has 3 aliphatic rings. The molecule has 0 unspecified atom stereocenters. The Morgan fingerprint density at radius 1 is 0.688 bits per heavy atom. The van der Waals surface area contributed by atoms with Crippen LogP contribution in [0.1, 0.15) is 162 Å². The van der Waals surface area contributed by atoms with Gasteiger partial charge in [0, 0.05) is 0 Å². The minimum Gasteiger partial charge on any atom is -0.481 e. The van der Waals surface area contributed by atoms with Crippen LogP contribution in [-0.2, 0) is 4.79 Å². The second-order valence-corrected chi connectivity index (χ2v) is 12.2. The lowest BCUT2D eigenvalue weighted by Gasteiger charge is -2.58. The SMILES string of the molecule is CCCCCCC1(C2CCCCC2)CCC(CCCCC)(C2(C(=O)O)CCCCC2)CC1.